The zero-order valence-electron chi connectivity index (χ0n) is 14.4. The van der Waals surface area contributed by atoms with E-state index in [1.165, 1.54) is 24.0 Å². The van der Waals surface area contributed by atoms with Crippen molar-refractivity contribution in [1.29, 1.82) is 0 Å². The predicted molar refractivity (Wildman–Crippen MR) is 97.5 cm³/mol. The Labute approximate surface area is 145 Å². The van der Waals surface area contributed by atoms with Gasteiger partial charge in [0.05, 0.1) is 5.60 Å². The van der Waals surface area contributed by atoms with Crippen molar-refractivity contribution >= 4 is 0 Å². The quantitative estimate of drug-likeness (QED) is 0.873. The molecule has 0 bridgehead atoms. The second-order valence-electron chi connectivity index (χ2n) is 7.68. The fourth-order valence-corrected chi connectivity index (χ4v) is 4.47. The maximum Gasteiger partial charge on any atom is 0.0695 e. The van der Waals surface area contributed by atoms with Crippen molar-refractivity contribution in [3.63, 3.8) is 0 Å². The molecular formula is C22H27NO. The summed E-state index contributed by atoms with van der Waals surface area (Å²) in [6.45, 7) is 3.25. The molecule has 0 radical (unpaired) electrons. The maximum absolute atomic E-state index is 10.7. The molecule has 0 amide bonds. The lowest BCUT2D eigenvalue weighted by Crippen LogP contribution is -2.42. The first-order chi connectivity index (χ1) is 11.7. The van der Waals surface area contributed by atoms with E-state index in [0.717, 1.165) is 19.4 Å². The highest BCUT2D eigenvalue weighted by Crippen LogP contribution is 2.54. The molecule has 2 aliphatic carbocycles. The Morgan fingerprint density at radius 2 is 1.67 bits per heavy atom. The van der Waals surface area contributed by atoms with Crippen molar-refractivity contribution in [2.45, 2.75) is 56.8 Å². The third-order valence-corrected chi connectivity index (χ3v) is 6.09. The van der Waals surface area contributed by atoms with E-state index in [1.54, 1.807) is 0 Å². The topological polar surface area (TPSA) is 23.5 Å². The third-order valence-electron chi connectivity index (χ3n) is 6.09. The summed E-state index contributed by atoms with van der Waals surface area (Å²) in [6.07, 6.45) is 4.33. The van der Waals surface area contributed by atoms with Gasteiger partial charge in [-0.05, 0) is 49.7 Å². The van der Waals surface area contributed by atoms with E-state index in [0.29, 0.717) is 18.0 Å². The van der Waals surface area contributed by atoms with Gasteiger partial charge >= 0.3 is 0 Å². The first kappa shape index (κ1) is 15.9. The summed E-state index contributed by atoms with van der Waals surface area (Å²) in [4.78, 5) is 2.61. The summed E-state index contributed by atoms with van der Waals surface area (Å²) in [5.74, 6) is 0.569. The highest BCUT2D eigenvalue weighted by atomic mass is 16.3. The van der Waals surface area contributed by atoms with E-state index in [2.05, 4.69) is 72.5 Å². The molecule has 0 aromatic heterocycles. The third kappa shape index (κ3) is 3.13. The van der Waals surface area contributed by atoms with Gasteiger partial charge in [-0.1, -0.05) is 60.7 Å². The van der Waals surface area contributed by atoms with Crippen molar-refractivity contribution in [2.24, 2.45) is 5.92 Å². The van der Waals surface area contributed by atoms with E-state index < -0.39 is 0 Å². The molecule has 126 valence electrons. The van der Waals surface area contributed by atoms with Crippen LogP contribution in [0.1, 0.15) is 49.8 Å². The lowest BCUT2D eigenvalue weighted by Gasteiger charge is -2.40. The molecule has 2 heteroatoms. The van der Waals surface area contributed by atoms with Gasteiger partial charge in [-0.15, -0.1) is 0 Å². The number of aliphatic hydroxyl groups is 1. The van der Waals surface area contributed by atoms with Crippen molar-refractivity contribution in [3.8, 4) is 0 Å². The second-order valence-corrected chi connectivity index (χ2v) is 7.68. The zero-order chi connectivity index (χ0) is 16.6. The predicted octanol–water partition coefficient (Wildman–Crippen LogP) is 4.55. The smallest absolute Gasteiger partial charge is 0.0695 e. The van der Waals surface area contributed by atoms with E-state index in [-0.39, 0.29) is 5.60 Å². The summed E-state index contributed by atoms with van der Waals surface area (Å²) in [5, 5.41) is 10.7. The first-order valence-electron chi connectivity index (χ1n) is 9.23. The van der Waals surface area contributed by atoms with Crippen LogP contribution in [0.15, 0.2) is 60.7 Å². The molecule has 2 aromatic rings. The Bertz CT molecular complexity index is 671. The van der Waals surface area contributed by atoms with Crippen molar-refractivity contribution in [3.05, 3.63) is 71.8 Å². The summed E-state index contributed by atoms with van der Waals surface area (Å²) < 4.78 is 0. The molecule has 0 heterocycles. The largest absolute Gasteiger partial charge is 0.390 e. The summed E-state index contributed by atoms with van der Waals surface area (Å²) in [5.41, 5.74) is 2.34. The van der Waals surface area contributed by atoms with Gasteiger partial charge in [0.15, 0.2) is 0 Å². The van der Waals surface area contributed by atoms with E-state index in [9.17, 15) is 5.11 Å². The molecule has 2 nitrogen and oxygen atoms in total. The van der Waals surface area contributed by atoms with Crippen LogP contribution >= 0.6 is 0 Å². The van der Waals surface area contributed by atoms with Crippen LogP contribution in [0.5, 0.6) is 0 Å². The van der Waals surface area contributed by atoms with Gasteiger partial charge in [0.25, 0.3) is 0 Å². The van der Waals surface area contributed by atoms with Gasteiger partial charge in [-0.25, -0.2) is 0 Å². The van der Waals surface area contributed by atoms with Gasteiger partial charge in [-0.2, -0.15) is 0 Å². The highest BCUT2D eigenvalue weighted by Gasteiger charge is 2.56. The Kier molecular flexibility index (Phi) is 4.19. The molecule has 0 aliphatic heterocycles. The maximum atomic E-state index is 10.7. The molecular weight excluding hydrogens is 294 g/mol. The van der Waals surface area contributed by atoms with E-state index >= 15 is 0 Å². The lowest BCUT2D eigenvalue weighted by molar-refractivity contribution is 0.0247. The van der Waals surface area contributed by atoms with Gasteiger partial charge < -0.3 is 5.11 Å². The second kappa shape index (κ2) is 6.34. The monoisotopic (exact) mass is 321 g/mol. The van der Waals surface area contributed by atoms with Crippen molar-refractivity contribution in [1.82, 2.24) is 4.90 Å². The molecule has 0 saturated heterocycles. The molecule has 2 fully saturated rings. The molecule has 2 unspecified atom stereocenters. The van der Waals surface area contributed by atoms with Crippen LogP contribution in [-0.2, 0) is 6.54 Å². The van der Waals surface area contributed by atoms with Crippen LogP contribution in [0, 0.1) is 5.92 Å². The molecule has 4 atom stereocenters. The molecule has 24 heavy (non-hydrogen) atoms. The van der Waals surface area contributed by atoms with Gasteiger partial charge in [0.2, 0.25) is 0 Å². The van der Waals surface area contributed by atoms with Crippen LogP contribution in [0.4, 0.5) is 0 Å². The standard InChI is InChI=1S/C22H27NO/c1-17(19-10-6-3-7-11-19)23(16-18-8-4-2-5-9-18)21-13-12-20-14-22(20,24)15-21/h2-11,17,20-21,24H,12-16H2,1H3/t17-,20?,21-,22?/m0/s1. The van der Waals surface area contributed by atoms with Crippen molar-refractivity contribution in [2.75, 3.05) is 0 Å². The van der Waals surface area contributed by atoms with E-state index in [4.69, 9.17) is 0 Å². The van der Waals surface area contributed by atoms with Gasteiger partial charge in [0, 0.05) is 18.6 Å². The van der Waals surface area contributed by atoms with Crippen LogP contribution in [0.2, 0.25) is 0 Å². The number of nitrogens with zero attached hydrogens (tertiary/aromatic N) is 1. The highest BCUT2D eigenvalue weighted by molar-refractivity contribution is 5.21. The fraction of sp³-hybridized carbons (Fsp3) is 0.455. The minimum absolute atomic E-state index is 0.357. The molecule has 0 spiro atoms. The lowest BCUT2D eigenvalue weighted by atomic mass is 9.89. The SMILES string of the molecule is C[C@@H](c1ccccc1)N(Cc1ccccc1)[C@H]1CCC2CC2(O)C1. The Morgan fingerprint density at radius 1 is 1.00 bits per heavy atom. The Hall–Kier alpha value is -1.64. The molecule has 4 rings (SSSR count). The molecule has 1 N–H and O–H groups in total. The molecule has 2 aromatic carbocycles. The Morgan fingerprint density at radius 3 is 2.33 bits per heavy atom. The normalized spacial score (nSPS) is 30.0. The minimum Gasteiger partial charge on any atom is -0.390 e. The van der Waals surface area contributed by atoms with Gasteiger partial charge in [0.1, 0.15) is 0 Å². The zero-order valence-corrected chi connectivity index (χ0v) is 14.4. The summed E-state index contributed by atoms with van der Waals surface area (Å²) in [6, 6.07) is 22.3. The number of hydrogen-bond donors (Lipinski definition) is 1. The number of hydrogen-bond acceptors (Lipinski definition) is 2. The van der Waals surface area contributed by atoms with Crippen LogP contribution in [0.3, 0.4) is 0 Å². The Balaban J connectivity index is 1.59. The average Bonchev–Trinajstić information content (AvgIpc) is 3.31. The van der Waals surface area contributed by atoms with Crippen LogP contribution < -0.4 is 0 Å². The van der Waals surface area contributed by atoms with Crippen LogP contribution in [0.25, 0.3) is 0 Å². The summed E-state index contributed by atoms with van der Waals surface area (Å²) >= 11 is 0. The minimum atomic E-state index is -0.367. The summed E-state index contributed by atoms with van der Waals surface area (Å²) in [7, 11) is 0. The van der Waals surface area contributed by atoms with Gasteiger partial charge in [-0.3, -0.25) is 4.90 Å². The fourth-order valence-electron chi connectivity index (χ4n) is 4.47. The molecule has 2 saturated carbocycles. The van der Waals surface area contributed by atoms with Crippen LogP contribution in [-0.4, -0.2) is 21.6 Å². The number of rotatable bonds is 5. The molecule has 2 aliphatic rings. The number of fused-ring (bicyclic) bond motifs is 1. The average molecular weight is 321 g/mol. The number of benzene rings is 2. The van der Waals surface area contributed by atoms with Crippen molar-refractivity contribution < 1.29 is 5.11 Å². The first-order valence-corrected chi connectivity index (χ1v) is 9.23. The van der Waals surface area contributed by atoms with E-state index in [1.807, 2.05) is 0 Å².